The molecule has 1 amide bonds. The highest BCUT2D eigenvalue weighted by Gasteiger charge is 2.36. The number of benzene rings is 1. The first kappa shape index (κ1) is 18.5. The summed E-state index contributed by atoms with van der Waals surface area (Å²) >= 11 is 0. The van der Waals surface area contributed by atoms with Crippen LogP contribution in [-0.2, 0) is 11.2 Å². The summed E-state index contributed by atoms with van der Waals surface area (Å²) in [6.45, 7) is 11.3. The number of hydrogen-bond acceptors (Lipinski definition) is 3. The highest BCUT2D eigenvalue weighted by molar-refractivity contribution is 5.69. The van der Waals surface area contributed by atoms with Gasteiger partial charge in [-0.3, -0.25) is 4.90 Å². The molecule has 4 heteroatoms. The Kier molecular flexibility index (Phi) is 6.00. The summed E-state index contributed by atoms with van der Waals surface area (Å²) in [4.78, 5) is 14.2. The molecule has 0 fully saturated rings. The highest BCUT2D eigenvalue weighted by atomic mass is 16.6. The number of aliphatic hydroxyl groups excluding tert-OH is 1. The fraction of sp³-hybridized carbons (Fsp3) is 0.611. The van der Waals surface area contributed by atoms with Crippen molar-refractivity contribution in [2.24, 2.45) is 0 Å². The van der Waals surface area contributed by atoms with Gasteiger partial charge in [0, 0.05) is 5.54 Å². The Morgan fingerprint density at radius 2 is 1.68 bits per heavy atom. The van der Waals surface area contributed by atoms with Crippen molar-refractivity contribution >= 4 is 6.09 Å². The SMILES string of the molecule is CC(C)(C)OC(=O)N(C(CO)Cc1ccccc1)C(C)(C)C. The second-order valence-corrected chi connectivity index (χ2v) is 7.55. The van der Waals surface area contributed by atoms with E-state index in [-0.39, 0.29) is 12.6 Å². The van der Waals surface area contributed by atoms with Crippen LogP contribution in [0.2, 0.25) is 0 Å². The lowest BCUT2D eigenvalue weighted by Gasteiger charge is -2.41. The minimum Gasteiger partial charge on any atom is -0.444 e. The number of rotatable bonds is 4. The van der Waals surface area contributed by atoms with Crippen LogP contribution >= 0.6 is 0 Å². The molecule has 1 rings (SSSR count). The Morgan fingerprint density at radius 1 is 1.14 bits per heavy atom. The van der Waals surface area contributed by atoms with Crippen LogP contribution in [0.5, 0.6) is 0 Å². The van der Waals surface area contributed by atoms with Crippen LogP contribution in [0.25, 0.3) is 0 Å². The van der Waals surface area contributed by atoms with Crippen molar-refractivity contribution in [2.45, 2.75) is 65.1 Å². The molecular weight excluding hydrogens is 278 g/mol. The standard InChI is InChI=1S/C18H29NO3/c1-17(2,3)19(16(21)22-18(4,5)6)15(13-20)12-14-10-8-7-9-11-14/h7-11,15,20H,12-13H2,1-6H3. The largest absolute Gasteiger partial charge is 0.444 e. The first-order chi connectivity index (χ1) is 10.0. The summed E-state index contributed by atoms with van der Waals surface area (Å²) in [5.41, 5.74) is 0.0806. The molecule has 124 valence electrons. The van der Waals surface area contributed by atoms with Crippen molar-refractivity contribution in [3.63, 3.8) is 0 Å². The van der Waals surface area contributed by atoms with Gasteiger partial charge in [-0.05, 0) is 53.5 Å². The van der Waals surface area contributed by atoms with Gasteiger partial charge in [-0.15, -0.1) is 0 Å². The molecule has 0 radical (unpaired) electrons. The summed E-state index contributed by atoms with van der Waals surface area (Å²) in [6.07, 6.45) is 0.198. The maximum atomic E-state index is 12.6. The highest BCUT2D eigenvalue weighted by Crippen LogP contribution is 2.23. The Morgan fingerprint density at radius 3 is 2.09 bits per heavy atom. The molecule has 1 aromatic rings. The van der Waals surface area contributed by atoms with E-state index in [0.717, 1.165) is 5.56 Å². The summed E-state index contributed by atoms with van der Waals surface area (Å²) in [7, 11) is 0. The zero-order valence-electron chi connectivity index (χ0n) is 14.6. The van der Waals surface area contributed by atoms with Gasteiger partial charge in [0.25, 0.3) is 0 Å². The smallest absolute Gasteiger partial charge is 0.411 e. The second-order valence-electron chi connectivity index (χ2n) is 7.55. The average molecular weight is 307 g/mol. The van der Waals surface area contributed by atoms with E-state index in [0.29, 0.717) is 6.42 Å². The fourth-order valence-electron chi connectivity index (χ4n) is 2.41. The lowest BCUT2D eigenvalue weighted by Crippen LogP contribution is -2.55. The van der Waals surface area contributed by atoms with Gasteiger partial charge in [-0.25, -0.2) is 4.79 Å². The molecule has 0 bridgehead atoms. The van der Waals surface area contributed by atoms with Gasteiger partial charge in [-0.1, -0.05) is 30.3 Å². The van der Waals surface area contributed by atoms with Gasteiger partial charge in [0.05, 0.1) is 12.6 Å². The third kappa shape index (κ3) is 5.68. The molecule has 0 aliphatic carbocycles. The second kappa shape index (κ2) is 7.14. The lowest BCUT2D eigenvalue weighted by atomic mass is 9.99. The molecule has 0 aliphatic rings. The van der Waals surface area contributed by atoms with Crippen molar-refractivity contribution < 1.29 is 14.6 Å². The van der Waals surface area contributed by atoms with Gasteiger partial charge in [0.1, 0.15) is 5.60 Å². The molecule has 0 saturated carbocycles. The normalized spacial score (nSPS) is 13.6. The first-order valence-electron chi connectivity index (χ1n) is 7.71. The van der Waals surface area contributed by atoms with Crippen LogP contribution in [0.1, 0.15) is 47.1 Å². The van der Waals surface area contributed by atoms with E-state index in [2.05, 4.69) is 0 Å². The van der Waals surface area contributed by atoms with E-state index < -0.39 is 17.2 Å². The van der Waals surface area contributed by atoms with E-state index in [1.807, 2.05) is 71.9 Å². The quantitative estimate of drug-likeness (QED) is 0.924. The molecule has 0 spiro atoms. The Bertz CT molecular complexity index is 471. The lowest BCUT2D eigenvalue weighted by molar-refractivity contribution is -0.0162. The van der Waals surface area contributed by atoms with Crippen LogP contribution in [-0.4, -0.2) is 39.9 Å². The average Bonchev–Trinajstić information content (AvgIpc) is 2.35. The topological polar surface area (TPSA) is 49.8 Å². The molecule has 1 unspecified atom stereocenters. The molecule has 1 atom stereocenters. The molecule has 0 aromatic heterocycles. The number of aliphatic hydroxyl groups is 1. The van der Waals surface area contributed by atoms with E-state index in [4.69, 9.17) is 4.74 Å². The molecule has 1 aromatic carbocycles. The monoisotopic (exact) mass is 307 g/mol. The van der Waals surface area contributed by atoms with Crippen LogP contribution in [0.4, 0.5) is 4.79 Å². The molecule has 0 heterocycles. The minimum atomic E-state index is -0.562. The van der Waals surface area contributed by atoms with Gasteiger partial charge >= 0.3 is 6.09 Å². The van der Waals surface area contributed by atoms with Crippen molar-refractivity contribution in [3.8, 4) is 0 Å². The molecule has 4 nitrogen and oxygen atoms in total. The number of nitrogens with zero attached hydrogens (tertiary/aromatic N) is 1. The van der Waals surface area contributed by atoms with Crippen molar-refractivity contribution in [1.82, 2.24) is 4.90 Å². The predicted molar refractivity (Wildman–Crippen MR) is 88.8 cm³/mol. The number of ether oxygens (including phenoxy) is 1. The van der Waals surface area contributed by atoms with Crippen molar-refractivity contribution in [3.05, 3.63) is 35.9 Å². The fourth-order valence-corrected chi connectivity index (χ4v) is 2.41. The zero-order chi connectivity index (χ0) is 17.0. The third-order valence-electron chi connectivity index (χ3n) is 3.20. The number of carbonyl (C=O) groups is 1. The van der Waals surface area contributed by atoms with Gasteiger partial charge in [0.15, 0.2) is 0 Å². The summed E-state index contributed by atoms with van der Waals surface area (Å²) in [5, 5.41) is 9.82. The zero-order valence-corrected chi connectivity index (χ0v) is 14.6. The maximum Gasteiger partial charge on any atom is 0.411 e. The first-order valence-corrected chi connectivity index (χ1v) is 7.71. The minimum absolute atomic E-state index is 0.106. The summed E-state index contributed by atoms with van der Waals surface area (Å²) in [6, 6.07) is 9.54. The summed E-state index contributed by atoms with van der Waals surface area (Å²) in [5.74, 6) is 0. The molecular formula is C18H29NO3. The number of hydrogen-bond donors (Lipinski definition) is 1. The van der Waals surface area contributed by atoms with Gasteiger partial charge in [-0.2, -0.15) is 0 Å². The van der Waals surface area contributed by atoms with Crippen LogP contribution in [0.15, 0.2) is 30.3 Å². The van der Waals surface area contributed by atoms with Crippen molar-refractivity contribution in [1.29, 1.82) is 0 Å². The number of carbonyl (C=O) groups excluding carboxylic acids is 1. The van der Waals surface area contributed by atoms with E-state index >= 15 is 0 Å². The molecule has 1 N–H and O–H groups in total. The third-order valence-corrected chi connectivity index (χ3v) is 3.20. The van der Waals surface area contributed by atoms with E-state index in [9.17, 15) is 9.90 Å². The van der Waals surface area contributed by atoms with Gasteiger partial charge in [0.2, 0.25) is 0 Å². The van der Waals surface area contributed by atoms with Crippen molar-refractivity contribution in [2.75, 3.05) is 6.61 Å². The molecule has 0 aliphatic heterocycles. The molecule has 22 heavy (non-hydrogen) atoms. The van der Waals surface area contributed by atoms with E-state index in [1.165, 1.54) is 0 Å². The Labute approximate surface area is 134 Å². The van der Waals surface area contributed by atoms with Crippen LogP contribution in [0, 0.1) is 0 Å². The Hall–Kier alpha value is -1.55. The van der Waals surface area contributed by atoms with E-state index in [1.54, 1.807) is 4.90 Å². The predicted octanol–water partition coefficient (Wildman–Crippen LogP) is 3.63. The number of amides is 1. The molecule has 0 saturated heterocycles. The van der Waals surface area contributed by atoms with Crippen LogP contribution in [0.3, 0.4) is 0 Å². The summed E-state index contributed by atoms with van der Waals surface area (Å²) < 4.78 is 5.52. The van der Waals surface area contributed by atoms with Gasteiger partial charge < -0.3 is 9.84 Å². The van der Waals surface area contributed by atoms with Crippen LogP contribution < -0.4 is 0 Å². The Balaban J connectivity index is 3.00. The maximum absolute atomic E-state index is 12.6.